The van der Waals surface area contributed by atoms with Crippen LogP contribution in [-0.2, 0) is 11.8 Å². The van der Waals surface area contributed by atoms with E-state index in [-0.39, 0.29) is 29.6 Å². The summed E-state index contributed by atoms with van der Waals surface area (Å²) in [5.74, 6) is -0.122. The van der Waals surface area contributed by atoms with Crippen molar-refractivity contribution in [2.24, 2.45) is 13.0 Å². The van der Waals surface area contributed by atoms with Crippen LogP contribution in [0.25, 0.3) is 0 Å². The summed E-state index contributed by atoms with van der Waals surface area (Å²) in [6.45, 7) is 3.48. The van der Waals surface area contributed by atoms with Crippen molar-refractivity contribution in [3.63, 3.8) is 0 Å². The van der Waals surface area contributed by atoms with E-state index < -0.39 is 0 Å². The third kappa shape index (κ3) is 3.24. The number of hydrogen-bond acceptors (Lipinski definition) is 4. The summed E-state index contributed by atoms with van der Waals surface area (Å²) in [4.78, 5) is 15.3. The number of amides is 1. The third-order valence-corrected chi connectivity index (χ3v) is 5.44. The van der Waals surface area contributed by atoms with E-state index in [9.17, 15) is 9.18 Å². The number of aryl methyl sites for hydroxylation is 1. The highest BCUT2D eigenvalue weighted by atomic mass is 19.1. The van der Waals surface area contributed by atoms with Gasteiger partial charge in [0.2, 0.25) is 5.91 Å². The molecule has 2 aliphatic heterocycles. The van der Waals surface area contributed by atoms with Crippen molar-refractivity contribution in [1.82, 2.24) is 25.3 Å². The first-order valence-electron chi connectivity index (χ1n) is 9.09. The minimum Gasteiger partial charge on any atom is -0.333 e. The third-order valence-electron chi connectivity index (χ3n) is 5.44. The summed E-state index contributed by atoms with van der Waals surface area (Å²) in [5.41, 5.74) is 1.93. The molecule has 0 saturated carbocycles. The van der Waals surface area contributed by atoms with Crippen LogP contribution in [0.2, 0.25) is 0 Å². The fraction of sp³-hybridized carbons (Fsp3) is 0.474. The molecule has 1 aromatic carbocycles. The Kier molecular flexibility index (Phi) is 4.74. The first-order valence-corrected chi connectivity index (χ1v) is 9.09. The number of hydrogen-bond donors (Lipinski definition) is 2. The monoisotopic (exact) mass is 357 g/mol. The Labute approximate surface area is 152 Å². The average molecular weight is 357 g/mol. The van der Waals surface area contributed by atoms with E-state index in [2.05, 4.69) is 15.7 Å². The van der Waals surface area contributed by atoms with Crippen LogP contribution in [0.1, 0.15) is 23.1 Å². The Hall–Kier alpha value is -2.25. The van der Waals surface area contributed by atoms with Crippen molar-refractivity contribution in [2.75, 3.05) is 32.7 Å². The first kappa shape index (κ1) is 17.2. The summed E-state index contributed by atoms with van der Waals surface area (Å²) >= 11 is 0. The Bertz CT molecular complexity index is 792. The fourth-order valence-electron chi connectivity index (χ4n) is 4.11. The maximum absolute atomic E-state index is 13.7. The van der Waals surface area contributed by atoms with Crippen LogP contribution in [0.4, 0.5) is 4.39 Å². The molecule has 2 aromatic rings. The number of aromatic nitrogens is 2. The van der Waals surface area contributed by atoms with Crippen LogP contribution in [0.3, 0.4) is 0 Å². The Balaban J connectivity index is 1.58. The summed E-state index contributed by atoms with van der Waals surface area (Å²) in [5, 5.41) is 10.9. The van der Waals surface area contributed by atoms with Gasteiger partial charge in [-0.3, -0.25) is 9.48 Å². The van der Waals surface area contributed by atoms with Crippen LogP contribution in [-0.4, -0.2) is 53.3 Å². The standard InChI is InChI=1S/C19H24FN5O/c1-24-12-14(8-23-24)16-9-22-10-17(16)19(26)25-6-5-21-11-18(25)13-3-2-4-15(20)7-13/h2-4,7-8,12,16-18,21-22H,5-6,9-11H2,1H3/t16-,17+,18?/m1/s1. The lowest BCUT2D eigenvalue weighted by atomic mass is 9.88. The van der Waals surface area contributed by atoms with Crippen LogP contribution in [0.15, 0.2) is 36.7 Å². The molecule has 1 unspecified atom stereocenters. The molecule has 2 fully saturated rings. The number of carbonyl (C=O) groups excluding carboxylic acids is 1. The number of nitrogens with one attached hydrogen (secondary N) is 2. The summed E-state index contributed by atoms with van der Waals surface area (Å²) in [6.07, 6.45) is 3.83. The molecule has 26 heavy (non-hydrogen) atoms. The molecule has 1 amide bonds. The lowest BCUT2D eigenvalue weighted by Gasteiger charge is -2.38. The zero-order valence-corrected chi connectivity index (χ0v) is 14.9. The van der Waals surface area contributed by atoms with Gasteiger partial charge in [0.05, 0.1) is 18.2 Å². The molecule has 0 radical (unpaired) electrons. The molecule has 2 aliphatic rings. The molecule has 4 rings (SSSR count). The van der Waals surface area contributed by atoms with Gasteiger partial charge in [-0.15, -0.1) is 0 Å². The van der Waals surface area contributed by atoms with Gasteiger partial charge in [-0.25, -0.2) is 4.39 Å². The predicted molar refractivity (Wildman–Crippen MR) is 96.0 cm³/mol. The maximum atomic E-state index is 13.7. The molecule has 0 bridgehead atoms. The largest absolute Gasteiger partial charge is 0.333 e. The summed E-state index contributed by atoms with van der Waals surface area (Å²) in [7, 11) is 1.89. The lowest BCUT2D eigenvalue weighted by molar-refractivity contribution is -0.138. The van der Waals surface area contributed by atoms with E-state index in [1.54, 1.807) is 10.7 Å². The second-order valence-corrected chi connectivity index (χ2v) is 7.13. The molecule has 138 valence electrons. The minimum absolute atomic E-state index is 0.117. The highest BCUT2D eigenvalue weighted by Gasteiger charge is 2.39. The lowest BCUT2D eigenvalue weighted by Crippen LogP contribution is -2.51. The Morgan fingerprint density at radius 3 is 2.88 bits per heavy atom. The Morgan fingerprint density at radius 1 is 1.23 bits per heavy atom. The highest BCUT2D eigenvalue weighted by Crippen LogP contribution is 2.32. The van der Waals surface area contributed by atoms with Crippen molar-refractivity contribution in [2.45, 2.75) is 12.0 Å². The Morgan fingerprint density at radius 2 is 2.12 bits per heavy atom. The second kappa shape index (κ2) is 7.17. The molecule has 0 spiro atoms. The molecule has 2 saturated heterocycles. The van der Waals surface area contributed by atoms with Gasteiger partial charge in [0.15, 0.2) is 0 Å². The topological polar surface area (TPSA) is 62.2 Å². The molecular formula is C19H24FN5O. The van der Waals surface area contributed by atoms with Gasteiger partial charge < -0.3 is 15.5 Å². The van der Waals surface area contributed by atoms with E-state index >= 15 is 0 Å². The SMILES string of the molecule is Cn1cc([C@H]2CNC[C@@H]2C(=O)N2CCNCC2c2cccc(F)c2)cn1. The van der Waals surface area contributed by atoms with Crippen molar-refractivity contribution in [3.8, 4) is 0 Å². The van der Waals surface area contributed by atoms with Gasteiger partial charge in [0, 0.05) is 51.9 Å². The van der Waals surface area contributed by atoms with Crippen molar-refractivity contribution < 1.29 is 9.18 Å². The smallest absolute Gasteiger partial charge is 0.228 e. The van der Waals surface area contributed by atoms with E-state index in [4.69, 9.17) is 0 Å². The van der Waals surface area contributed by atoms with Gasteiger partial charge in [0.1, 0.15) is 5.82 Å². The summed E-state index contributed by atoms with van der Waals surface area (Å²) < 4.78 is 15.5. The molecule has 6 nitrogen and oxygen atoms in total. The quantitative estimate of drug-likeness (QED) is 0.862. The average Bonchev–Trinajstić information content (AvgIpc) is 3.30. The zero-order valence-electron chi connectivity index (χ0n) is 14.9. The van der Waals surface area contributed by atoms with Gasteiger partial charge >= 0.3 is 0 Å². The van der Waals surface area contributed by atoms with Crippen LogP contribution < -0.4 is 10.6 Å². The highest BCUT2D eigenvalue weighted by molar-refractivity contribution is 5.81. The predicted octanol–water partition coefficient (Wildman–Crippen LogP) is 1.04. The van der Waals surface area contributed by atoms with E-state index in [0.29, 0.717) is 19.6 Å². The number of benzene rings is 1. The van der Waals surface area contributed by atoms with Crippen LogP contribution in [0, 0.1) is 11.7 Å². The van der Waals surface area contributed by atoms with Crippen molar-refractivity contribution in [1.29, 1.82) is 0 Å². The van der Waals surface area contributed by atoms with E-state index in [1.165, 1.54) is 12.1 Å². The zero-order chi connectivity index (χ0) is 18.1. The van der Waals surface area contributed by atoms with Gasteiger partial charge in [-0.05, 0) is 23.3 Å². The van der Waals surface area contributed by atoms with Gasteiger partial charge in [0.25, 0.3) is 0 Å². The van der Waals surface area contributed by atoms with Crippen molar-refractivity contribution in [3.05, 3.63) is 53.6 Å². The molecule has 1 aromatic heterocycles. The maximum Gasteiger partial charge on any atom is 0.228 e. The molecule has 3 heterocycles. The van der Waals surface area contributed by atoms with Gasteiger partial charge in [-0.1, -0.05) is 12.1 Å². The molecule has 7 heteroatoms. The van der Waals surface area contributed by atoms with E-state index in [0.717, 1.165) is 24.2 Å². The molecular weight excluding hydrogens is 333 g/mol. The van der Waals surface area contributed by atoms with Crippen LogP contribution >= 0.6 is 0 Å². The second-order valence-electron chi connectivity index (χ2n) is 7.13. The van der Waals surface area contributed by atoms with Crippen molar-refractivity contribution >= 4 is 5.91 Å². The number of halogens is 1. The van der Waals surface area contributed by atoms with Gasteiger partial charge in [-0.2, -0.15) is 5.10 Å². The fourth-order valence-corrected chi connectivity index (χ4v) is 4.11. The van der Waals surface area contributed by atoms with Crippen LogP contribution in [0.5, 0.6) is 0 Å². The normalized spacial score (nSPS) is 26.2. The number of carbonyl (C=O) groups is 1. The molecule has 0 aliphatic carbocycles. The summed E-state index contributed by atoms with van der Waals surface area (Å²) in [6, 6.07) is 6.43. The molecule has 3 atom stereocenters. The van der Waals surface area contributed by atoms with E-state index in [1.807, 2.05) is 30.4 Å². The molecule has 2 N–H and O–H groups in total. The number of rotatable bonds is 3. The number of nitrogens with zero attached hydrogens (tertiary/aromatic N) is 3. The first-order chi connectivity index (χ1) is 12.6. The number of piperazine rings is 1. The minimum atomic E-state index is -0.267.